The normalized spacial score (nSPS) is 16.6. The number of ether oxygens (including phenoxy) is 4. The van der Waals surface area contributed by atoms with E-state index in [0.29, 0.717) is 59.7 Å². The number of benzene rings is 2. The van der Waals surface area contributed by atoms with Gasteiger partial charge < -0.3 is 33.9 Å². The monoisotopic (exact) mass is 554 g/mol. The second kappa shape index (κ2) is 13.6. The van der Waals surface area contributed by atoms with E-state index in [1.165, 1.54) is 31.1 Å². The molecule has 1 aliphatic heterocycles. The first kappa shape index (κ1) is 30.8. The minimum Gasteiger partial charge on any atom is -0.872 e. The summed E-state index contributed by atoms with van der Waals surface area (Å²) in [6, 6.07) is 7.56. The molecule has 1 heterocycles. The van der Waals surface area contributed by atoms with Gasteiger partial charge in [-0.05, 0) is 67.6 Å². The summed E-state index contributed by atoms with van der Waals surface area (Å²) in [5.41, 5.74) is 1.53. The van der Waals surface area contributed by atoms with E-state index >= 15 is 0 Å². The lowest BCUT2D eigenvalue weighted by atomic mass is 9.94. The van der Waals surface area contributed by atoms with Crippen LogP contribution >= 0.6 is 0 Å². The number of amides is 1. The molecule has 0 bridgehead atoms. The molecule has 9 heteroatoms. The van der Waals surface area contributed by atoms with Crippen LogP contribution in [0.1, 0.15) is 50.4 Å². The van der Waals surface area contributed by atoms with E-state index in [1.807, 2.05) is 6.92 Å². The van der Waals surface area contributed by atoms with Gasteiger partial charge in [-0.3, -0.25) is 9.59 Å². The Bertz CT molecular complexity index is 1230. The molecule has 0 aliphatic carbocycles. The molecule has 1 atom stereocenters. The number of hydrogen-bond donors (Lipinski definition) is 1. The Morgan fingerprint density at radius 1 is 0.975 bits per heavy atom. The molecule has 1 unspecified atom stereocenters. The van der Waals surface area contributed by atoms with E-state index in [-0.39, 0.29) is 5.57 Å². The van der Waals surface area contributed by atoms with Crippen LogP contribution in [0.15, 0.2) is 35.9 Å². The van der Waals surface area contributed by atoms with Gasteiger partial charge >= 0.3 is 0 Å². The summed E-state index contributed by atoms with van der Waals surface area (Å²) in [5.74, 6) is 0.158. The zero-order valence-electron chi connectivity index (χ0n) is 24.9. The minimum atomic E-state index is -0.909. The van der Waals surface area contributed by atoms with Crippen molar-refractivity contribution in [2.75, 3.05) is 54.1 Å². The summed E-state index contributed by atoms with van der Waals surface area (Å²) in [7, 11) is 4.49. The van der Waals surface area contributed by atoms with Crippen molar-refractivity contribution in [1.29, 1.82) is 0 Å². The van der Waals surface area contributed by atoms with Gasteiger partial charge in [0.1, 0.15) is 5.75 Å². The summed E-state index contributed by atoms with van der Waals surface area (Å²) >= 11 is 0. The van der Waals surface area contributed by atoms with E-state index in [2.05, 4.69) is 27.7 Å². The van der Waals surface area contributed by atoms with Crippen molar-refractivity contribution in [2.45, 2.75) is 40.7 Å². The molecular formula is C31H42N2O7. The SMILES string of the molecule is CC[NH+](CC)CCN1C(=O)C(=O)C(=C([O-])c2ccc(OCC(C)C)c(C)c2)C1c1cc(OC)c(OC)c(OC)c1. The molecule has 1 aliphatic rings. The largest absolute Gasteiger partial charge is 0.872 e. The molecule has 1 fully saturated rings. The first-order chi connectivity index (χ1) is 19.1. The third-order valence-corrected chi connectivity index (χ3v) is 7.25. The van der Waals surface area contributed by atoms with Gasteiger partial charge in [-0.2, -0.15) is 0 Å². The summed E-state index contributed by atoms with van der Waals surface area (Å²) in [6.45, 7) is 13.4. The number of ketones is 1. The molecule has 0 spiro atoms. The highest BCUT2D eigenvalue weighted by molar-refractivity contribution is 6.46. The highest BCUT2D eigenvalue weighted by atomic mass is 16.5. The van der Waals surface area contributed by atoms with E-state index in [9.17, 15) is 14.7 Å². The van der Waals surface area contributed by atoms with Crippen molar-refractivity contribution < 1.29 is 38.5 Å². The number of hydrogen-bond acceptors (Lipinski definition) is 7. The van der Waals surface area contributed by atoms with Crippen LogP contribution in [0, 0.1) is 12.8 Å². The predicted molar refractivity (Wildman–Crippen MR) is 151 cm³/mol. The van der Waals surface area contributed by atoms with Gasteiger partial charge in [-0.1, -0.05) is 25.7 Å². The first-order valence-corrected chi connectivity index (χ1v) is 13.7. The van der Waals surface area contributed by atoms with Gasteiger partial charge in [0.05, 0.1) is 60.2 Å². The Morgan fingerprint density at radius 3 is 2.10 bits per heavy atom. The molecule has 0 saturated carbocycles. The van der Waals surface area contributed by atoms with Gasteiger partial charge in [0, 0.05) is 5.57 Å². The number of quaternary nitrogens is 1. The standard InChI is InChI=1S/C31H42N2O7/c1-9-32(10-2)13-14-33-27(22-16-24(37-6)30(39-8)25(17-22)38-7)26(29(35)31(33)36)28(34)21-11-12-23(20(5)15-21)40-18-19(3)4/h11-12,15-17,19,27,34H,9-10,13-14,18H2,1-8H3. The number of Topliss-reactive ketones (excluding diaryl/α,β-unsaturated/α-hetero) is 1. The highest BCUT2D eigenvalue weighted by Crippen LogP contribution is 2.45. The lowest BCUT2D eigenvalue weighted by Gasteiger charge is -2.29. The van der Waals surface area contributed by atoms with Gasteiger partial charge in [0.15, 0.2) is 11.5 Å². The number of nitrogens with zero attached hydrogens (tertiary/aromatic N) is 1. The Balaban J connectivity index is 2.18. The number of likely N-dealkylation sites (N-methyl/N-ethyl adjacent to an activating group) is 1. The number of methoxy groups -OCH3 is 3. The maximum Gasteiger partial charge on any atom is 0.295 e. The van der Waals surface area contributed by atoms with Crippen molar-refractivity contribution in [3.8, 4) is 23.0 Å². The number of nitrogens with one attached hydrogen (secondary N) is 1. The van der Waals surface area contributed by atoms with Gasteiger partial charge in [0.25, 0.3) is 5.91 Å². The average Bonchev–Trinajstić information content (AvgIpc) is 3.20. The van der Waals surface area contributed by atoms with E-state index in [4.69, 9.17) is 18.9 Å². The molecule has 0 aromatic heterocycles. The van der Waals surface area contributed by atoms with Crippen molar-refractivity contribution in [3.63, 3.8) is 0 Å². The van der Waals surface area contributed by atoms with E-state index in [1.54, 1.807) is 30.3 Å². The Morgan fingerprint density at radius 2 is 1.60 bits per heavy atom. The van der Waals surface area contributed by atoms with Crippen LogP contribution in [-0.4, -0.2) is 70.7 Å². The molecule has 9 nitrogen and oxygen atoms in total. The van der Waals surface area contributed by atoms with Gasteiger partial charge in [-0.15, -0.1) is 0 Å². The van der Waals surface area contributed by atoms with E-state index < -0.39 is 23.5 Å². The zero-order chi connectivity index (χ0) is 29.6. The summed E-state index contributed by atoms with van der Waals surface area (Å²) < 4.78 is 22.4. The predicted octanol–water partition coefficient (Wildman–Crippen LogP) is 2.20. The van der Waals surface area contributed by atoms with Crippen molar-refractivity contribution in [2.24, 2.45) is 5.92 Å². The van der Waals surface area contributed by atoms with E-state index in [0.717, 1.165) is 18.7 Å². The highest BCUT2D eigenvalue weighted by Gasteiger charge is 2.45. The lowest BCUT2D eigenvalue weighted by molar-refractivity contribution is -0.895. The summed E-state index contributed by atoms with van der Waals surface area (Å²) in [4.78, 5) is 29.7. The molecule has 218 valence electrons. The Kier molecular flexibility index (Phi) is 10.5. The smallest absolute Gasteiger partial charge is 0.295 e. The second-order valence-corrected chi connectivity index (χ2v) is 10.3. The maximum absolute atomic E-state index is 14.0. The third-order valence-electron chi connectivity index (χ3n) is 7.25. The molecule has 1 saturated heterocycles. The molecule has 0 radical (unpaired) electrons. The fourth-order valence-electron chi connectivity index (χ4n) is 4.95. The average molecular weight is 555 g/mol. The first-order valence-electron chi connectivity index (χ1n) is 13.7. The van der Waals surface area contributed by atoms with Crippen molar-refractivity contribution in [3.05, 3.63) is 52.6 Å². The Labute approximate surface area is 237 Å². The molecule has 2 aromatic carbocycles. The van der Waals surface area contributed by atoms with Crippen LogP contribution in [0.5, 0.6) is 23.0 Å². The topological polar surface area (TPSA) is 102 Å². The lowest BCUT2D eigenvalue weighted by Crippen LogP contribution is -3.12. The second-order valence-electron chi connectivity index (χ2n) is 10.3. The third kappa shape index (κ3) is 6.36. The molecule has 2 aromatic rings. The fraction of sp³-hybridized carbons (Fsp3) is 0.484. The minimum absolute atomic E-state index is 0.0935. The summed E-state index contributed by atoms with van der Waals surface area (Å²) in [6.07, 6.45) is 0. The van der Waals surface area contributed by atoms with Crippen LogP contribution in [0.2, 0.25) is 0 Å². The van der Waals surface area contributed by atoms with Crippen molar-refractivity contribution >= 4 is 17.4 Å². The molecule has 3 rings (SSSR count). The van der Waals surface area contributed by atoms with Crippen LogP contribution < -0.4 is 29.0 Å². The van der Waals surface area contributed by atoms with Crippen LogP contribution in [0.4, 0.5) is 0 Å². The number of likely N-dealkylation sites (tertiary alicyclic amines) is 1. The van der Waals surface area contributed by atoms with Crippen LogP contribution in [0.3, 0.4) is 0 Å². The number of carbonyl (C=O) groups is 2. The molecule has 40 heavy (non-hydrogen) atoms. The molecule has 1 N–H and O–H groups in total. The maximum atomic E-state index is 14.0. The van der Waals surface area contributed by atoms with Crippen molar-refractivity contribution in [1.82, 2.24) is 4.90 Å². The number of carbonyl (C=O) groups excluding carboxylic acids is 2. The Hall–Kier alpha value is -3.72. The van der Waals surface area contributed by atoms with Crippen LogP contribution in [0.25, 0.3) is 5.76 Å². The number of aryl methyl sites for hydroxylation is 1. The van der Waals surface area contributed by atoms with Crippen LogP contribution in [-0.2, 0) is 9.59 Å². The molecular weight excluding hydrogens is 512 g/mol. The number of rotatable bonds is 13. The summed E-state index contributed by atoms with van der Waals surface area (Å²) in [5, 5.41) is 14.0. The quantitative estimate of drug-likeness (QED) is 0.230. The molecule has 1 amide bonds. The van der Waals surface area contributed by atoms with Gasteiger partial charge in [-0.25, -0.2) is 0 Å². The fourth-order valence-corrected chi connectivity index (χ4v) is 4.95. The van der Waals surface area contributed by atoms with Gasteiger partial charge in [0.2, 0.25) is 11.5 Å². The zero-order valence-corrected chi connectivity index (χ0v) is 24.9.